The topological polar surface area (TPSA) is 72.4 Å². The largest absolute Gasteiger partial charge is 0.391 e. The first-order chi connectivity index (χ1) is 7.75. The molecule has 0 bridgehead atoms. The number of hydrogen-bond donors (Lipinski definition) is 1. The van der Waals surface area contributed by atoms with Gasteiger partial charge in [0.2, 0.25) is 0 Å². The standard InChI is InChI=1S/C10H12N4O2/c15-8(7-1-2-7)6-14-10(16)13-4-3-11-5-9(13)12-14/h3-5,7-8,15H,1-2,6H2. The van der Waals surface area contributed by atoms with Gasteiger partial charge in [-0.05, 0) is 18.8 Å². The van der Waals surface area contributed by atoms with Crippen LogP contribution in [0.1, 0.15) is 12.8 Å². The van der Waals surface area contributed by atoms with E-state index in [1.165, 1.54) is 21.5 Å². The minimum Gasteiger partial charge on any atom is -0.391 e. The van der Waals surface area contributed by atoms with Crippen molar-refractivity contribution in [1.29, 1.82) is 0 Å². The fourth-order valence-corrected chi connectivity index (χ4v) is 1.81. The van der Waals surface area contributed by atoms with Crippen molar-refractivity contribution in [3.8, 4) is 0 Å². The second-order valence-corrected chi connectivity index (χ2v) is 4.17. The fourth-order valence-electron chi connectivity index (χ4n) is 1.81. The Labute approximate surface area is 91.2 Å². The summed E-state index contributed by atoms with van der Waals surface area (Å²) < 4.78 is 2.73. The smallest absolute Gasteiger partial charge is 0.350 e. The van der Waals surface area contributed by atoms with E-state index in [2.05, 4.69) is 10.1 Å². The molecule has 1 aliphatic rings. The van der Waals surface area contributed by atoms with Gasteiger partial charge in [-0.3, -0.25) is 4.98 Å². The minimum atomic E-state index is -0.462. The molecule has 3 rings (SSSR count). The Kier molecular flexibility index (Phi) is 2.03. The Hall–Kier alpha value is -1.69. The molecule has 0 aliphatic heterocycles. The average Bonchev–Trinajstić information content (AvgIpc) is 3.08. The third kappa shape index (κ3) is 1.51. The molecule has 1 unspecified atom stereocenters. The third-order valence-corrected chi connectivity index (χ3v) is 2.91. The highest BCUT2D eigenvalue weighted by Gasteiger charge is 2.30. The summed E-state index contributed by atoms with van der Waals surface area (Å²) in [6, 6.07) is 0. The molecule has 0 spiro atoms. The van der Waals surface area contributed by atoms with Crippen LogP contribution >= 0.6 is 0 Å². The van der Waals surface area contributed by atoms with Gasteiger partial charge in [0.05, 0.1) is 18.8 Å². The van der Waals surface area contributed by atoms with E-state index < -0.39 is 6.10 Å². The molecule has 1 fully saturated rings. The van der Waals surface area contributed by atoms with E-state index >= 15 is 0 Å². The monoisotopic (exact) mass is 220 g/mol. The zero-order valence-corrected chi connectivity index (χ0v) is 8.65. The molecule has 1 atom stereocenters. The summed E-state index contributed by atoms with van der Waals surface area (Å²) in [6.45, 7) is 0.269. The van der Waals surface area contributed by atoms with Crippen LogP contribution in [-0.4, -0.2) is 30.4 Å². The molecule has 84 valence electrons. The molecule has 0 amide bonds. The SMILES string of the molecule is O=c1n(CC(O)C2CC2)nc2cnccn12. The lowest BCUT2D eigenvalue weighted by Gasteiger charge is -2.06. The lowest BCUT2D eigenvalue weighted by atomic mass is 10.2. The van der Waals surface area contributed by atoms with Crippen molar-refractivity contribution in [1.82, 2.24) is 19.2 Å². The molecule has 1 aliphatic carbocycles. The van der Waals surface area contributed by atoms with Gasteiger partial charge in [0.15, 0.2) is 5.65 Å². The number of hydrogen-bond acceptors (Lipinski definition) is 4. The maximum atomic E-state index is 11.8. The zero-order chi connectivity index (χ0) is 11.1. The van der Waals surface area contributed by atoms with Crippen molar-refractivity contribution in [2.24, 2.45) is 5.92 Å². The second-order valence-electron chi connectivity index (χ2n) is 4.17. The summed E-state index contributed by atoms with van der Waals surface area (Å²) in [6.07, 6.45) is 6.27. The van der Waals surface area contributed by atoms with Crippen LogP contribution in [0.25, 0.3) is 5.65 Å². The first kappa shape index (κ1) is 9.53. The van der Waals surface area contributed by atoms with E-state index in [4.69, 9.17) is 0 Å². The first-order valence-electron chi connectivity index (χ1n) is 5.33. The molecule has 0 aromatic carbocycles. The Balaban J connectivity index is 1.97. The van der Waals surface area contributed by atoms with Gasteiger partial charge < -0.3 is 5.11 Å². The molecule has 1 saturated carbocycles. The number of rotatable bonds is 3. The van der Waals surface area contributed by atoms with Gasteiger partial charge >= 0.3 is 5.69 Å². The van der Waals surface area contributed by atoms with Crippen molar-refractivity contribution in [3.63, 3.8) is 0 Å². The van der Waals surface area contributed by atoms with E-state index in [-0.39, 0.29) is 12.2 Å². The highest BCUT2D eigenvalue weighted by Crippen LogP contribution is 2.32. The predicted octanol–water partition coefficient (Wildman–Crippen LogP) is -0.338. The maximum absolute atomic E-state index is 11.8. The molecule has 2 aromatic heterocycles. The van der Waals surface area contributed by atoms with Gasteiger partial charge in [-0.1, -0.05) is 0 Å². The Morgan fingerprint density at radius 2 is 2.38 bits per heavy atom. The van der Waals surface area contributed by atoms with Crippen LogP contribution in [-0.2, 0) is 6.54 Å². The van der Waals surface area contributed by atoms with Gasteiger partial charge in [-0.25, -0.2) is 13.9 Å². The van der Waals surface area contributed by atoms with E-state index in [9.17, 15) is 9.90 Å². The molecular formula is C10H12N4O2. The van der Waals surface area contributed by atoms with Crippen LogP contribution in [0.15, 0.2) is 23.4 Å². The lowest BCUT2D eigenvalue weighted by Crippen LogP contribution is -2.28. The number of aromatic nitrogens is 4. The highest BCUT2D eigenvalue weighted by molar-refractivity contribution is 5.31. The summed E-state index contributed by atoms with van der Waals surface area (Å²) in [7, 11) is 0. The van der Waals surface area contributed by atoms with Crippen LogP contribution in [0.2, 0.25) is 0 Å². The maximum Gasteiger partial charge on any atom is 0.350 e. The number of aliphatic hydroxyl groups is 1. The molecule has 2 aromatic rings. The van der Waals surface area contributed by atoms with Crippen LogP contribution in [0, 0.1) is 5.92 Å². The summed E-state index contributed by atoms with van der Waals surface area (Å²) >= 11 is 0. The van der Waals surface area contributed by atoms with Crippen LogP contribution in [0.5, 0.6) is 0 Å². The summed E-state index contributed by atoms with van der Waals surface area (Å²) in [4.78, 5) is 15.7. The van der Waals surface area contributed by atoms with Crippen LogP contribution in [0.4, 0.5) is 0 Å². The molecule has 0 radical (unpaired) electrons. The third-order valence-electron chi connectivity index (χ3n) is 2.91. The average molecular weight is 220 g/mol. The normalized spacial score (nSPS) is 17.8. The van der Waals surface area contributed by atoms with E-state index in [0.29, 0.717) is 11.6 Å². The van der Waals surface area contributed by atoms with E-state index in [0.717, 1.165) is 12.8 Å². The molecule has 6 heteroatoms. The predicted molar refractivity (Wildman–Crippen MR) is 56.0 cm³/mol. The number of fused-ring (bicyclic) bond motifs is 1. The zero-order valence-electron chi connectivity index (χ0n) is 8.65. The lowest BCUT2D eigenvalue weighted by molar-refractivity contribution is 0.126. The van der Waals surface area contributed by atoms with Gasteiger partial charge in [0.1, 0.15) is 0 Å². The Morgan fingerprint density at radius 3 is 3.06 bits per heavy atom. The summed E-state index contributed by atoms with van der Waals surface area (Å²) in [5, 5.41) is 13.9. The molecule has 2 heterocycles. The van der Waals surface area contributed by atoms with E-state index in [1.807, 2.05) is 0 Å². The van der Waals surface area contributed by atoms with Gasteiger partial charge in [0, 0.05) is 12.4 Å². The minimum absolute atomic E-state index is 0.225. The Morgan fingerprint density at radius 1 is 1.56 bits per heavy atom. The Bertz CT molecular complexity index is 569. The number of nitrogens with zero attached hydrogens (tertiary/aromatic N) is 4. The van der Waals surface area contributed by atoms with Crippen molar-refractivity contribution in [2.45, 2.75) is 25.5 Å². The fraction of sp³-hybridized carbons (Fsp3) is 0.500. The van der Waals surface area contributed by atoms with Crippen LogP contribution < -0.4 is 5.69 Å². The van der Waals surface area contributed by atoms with Crippen molar-refractivity contribution in [3.05, 3.63) is 29.1 Å². The summed E-state index contributed by atoms with van der Waals surface area (Å²) in [5.41, 5.74) is 0.285. The highest BCUT2D eigenvalue weighted by atomic mass is 16.3. The van der Waals surface area contributed by atoms with E-state index in [1.54, 1.807) is 6.20 Å². The second kappa shape index (κ2) is 3.41. The molecular weight excluding hydrogens is 208 g/mol. The van der Waals surface area contributed by atoms with Crippen LogP contribution in [0.3, 0.4) is 0 Å². The molecule has 1 N–H and O–H groups in total. The quantitative estimate of drug-likeness (QED) is 0.768. The van der Waals surface area contributed by atoms with Gasteiger partial charge in [-0.2, -0.15) is 0 Å². The van der Waals surface area contributed by atoms with Crippen molar-refractivity contribution < 1.29 is 5.11 Å². The molecule has 6 nitrogen and oxygen atoms in total. The number of aliphatic hydroxyl groups excluding tert-OH is 1. The van der Waals surface area contributed by atoms with Crippen molar-refractivity contribution in [2.75, 3.05) is 0 Å². The molecule has 16 heavy (non-hydrogen) atoms. The van der Waals surface area contributed by atoms with Crippen molar-refractivity contribution >= 4 is 5.65 Å². The van der Waals surface area contributed by atoms with Gasteiger partial charge in [-0.15, -0.1) is 5.10 Å². The van der Waals surface area contributed by atoms with Gasteiger partial charge in [0.25, 0.3) is 0 Å². The summed E-state index contributed by atoms with van der Waals surface area (Å²) in [5.74, 6) is 0.342. The molecule has 0 saturated heterocycles. The first-order valence-corrected chi connectivity index (χ1v) is 5.33.